The highest BCUT2D eigenvalue weighted by Gasteiger charge is 2.13. The molecule has 0 N–H and O–H groups in total. The van der Waals surface area contributed by atoms with Crippen LogP contribution in [0.4, 0.5) is 0 Å². The molecule has 0 unspecified atom stereocenters. The van der Waals surface area contributed by atoms with Crippen molar-refractivity contribution in [2.45, 2.75) is 24.3 Å². The van der Waals surface area contributed by atoms with E-state index in [9.17, 15) is 9.59 Å². The van der Waals surface area contributed by atoms with Gasteiger partial charge in [0.05, 0.1) is 0 Å². The van der Waals surface area contributed by atoms with Gasteiger partial charge in [0.1, 0.15) is 0 Å². The fourth-order valence-corrected chi connectivity index (χ4v) is 2.68. The molecule has 0 heterocycles. The molecular formula is C19H21NO2S. The SMILES string of the molecule is CSc1ccc(CN(C)C(=O)CCC(=O)c2ccccc2)cc1. The number of thioether (sulfide) groups is 1. The molecule has 0 aliphatic heterocycles. The Labute approximate surface area is 141 Å². The predicted molar refractivity (Wildman–Crippen MR) is 94.7 cm³/mol. The molecule has 0 aliphatic rings. The molecule has 0 spiro atoms. The Hall–Kier alpha value is -2.07. The van der Waals surface area contributed by atoms with Crippen molar-refractivity contribution < 1.29 is 9.59 Å². The van der Waals surface area contributed by atoms with Gasteiger partial charge in [-0.3, -0.25) is 9.59 Å². The Morgan fingerprint density at radius 3 is 2.22 bits per heavy atom. The number of carbonyl (C=O) groups is 2. The number of amides is 1. The first-order valence-corrected chi connectivity index (χ1v) is 8.78. The van der Waals surface area contributed by atoms with Crippen molar-refractivity contribution in [1.29, 1.82) is 0 Å². The monoisotopic (exact) mass is 327 g/mol. The molecule has 0 saturated carbocycles. The summed E-state index contributed by atoms with van der Waals surface area (Å²) < 4.78 is 0. The molecule has 23 heavy (non-hydrogen) atoms. The smallest absolute Gasteiger partial charge is 0.223 e. The zero-order valence-electron chi connectivity index (χ0n) is 13.5. The second kappa shape index (κ2) is 8.53. The molecule has 0 saturated heterocycles. The highest BCUT2D eigenvalue weighted by Crippen LogP contribution is 2.16. The average molecular weight is 327 g/mol. The van der Waals surface area contributed by atoms with E-state index >= 15 is 0 Å². The van der Waals surface area contributed by atoms with Crippen molar-refractivity contribution in [3.63, 3.8) is 0 Å². The van der Waals surface area contributed by atoms with E-state index in [1.165, 1.54) is 4.90 Å². The fourth-order valence-electron chi connectivity index (χ4n) is 2.27. The van der Waals surface area contributed by atoms with Crippen LogP contribution in [0.2, 0.25) is 0 Å². The van der Waals surface area contributed by atoms with E-state index in [0.717, 1.165) is 5.56 Å². The largest absolute Gasteiger partial charge is 0.341 e. The molecule has 0 fully saturated rings. The van der Waals surface area contributed by atoms with Gasteiger partial charge >= 0.3 is 0 Å². The van der Waals surface area contributed by atoms with Gasteiger partial charge in [-0.05, 0) is 24.0 Å². The van der Waals surface area contributed by atoms with Crippen molar-refractivity contribution in [3.8, 4) is 0 Å². The van der Waals surface area contributed by atoms with Gasteiger partial charge in [-0.25, -0.2) is 0 Å². The number of rotatable bonds is 7. The summed E-state index contributed by atoms with van der Waals surface area (Å²) in [7, 11) is 1.78. The van der Waals surface area contributed by atoms with Crippen LogP contribution in [0.3, 0.4) is 0 Å². The lowest BCUT2D eigenvalue weighted by molar-refractivity contribution is -0.130. The van der Waals surface area contributed by atoms with Gasteiger partial charge in [0.2, 0.25) is 5.91 Å². The van der Waals surface area contributed by atoms with Gasteiger partial charge in [0.15, 0.2) is 5.78 Å². The van der Waals surface area contributed by atoms with Gasteiger partial charge in [0, 0.05) is 36.9 Å². The predicted octanol–water partition coefficient (Wildman–Crippen LogP) is 4.03. The van der Waals surface area contributed by atoms with Gasteiger partial charge in [-0.2, -0.15) is 0 Å². The molecule has 0 atom stereocenters. The number of carbonyl (C=O) groups excluding carboxylic acids is 2. The zero-order chi connectivity index (χ0) is 16.7. The van der Waals surface area contributed by atoms with E-state index in [2.05, 4.69) is 12.1 Å². The average Bonchev–Trinajstić information content (AvgIpc) is 2.60. The highest BCUT2D eigenvalue weighted by atomic mass is 32.2. The Balaban J connectivity index is 1.83. The Bertz CT molecular complexity index is 653. The number of hydrogen-bond donors (Lipinski definition) is 0. The Morgan fingerprint density at radius 1 is 0.957 bits per heavy atom. The van der Waals surface area contributed by atoms with E-state index in [1.54, 1.807) is 35.8 Å². The van der Waals surface area contributed by atoms with Crippen LogP contribution < -0.4 is 0 Å². The molecule has 0 aromatic heterocycles. The molecule has 0 radical (unpaired) electrons. The second-order valence-corrected chi connectivity index (χ2v) is 6.27. The van der Waals surface area contributed by atoms with Gasteiger partial charge in [-0.15, -0.1) is 11.8 Å². The third kappa shape index (κ3) is 5.25. The van der Waals surface area contributed by atoms with Crippen LogP contribution >= 0.6 is 11.8 Å². The lowest BCUT2D eigenvalue weighted by Crippen LogP contribution is -2.26. The van der Waals surface area contributed by atoms with Crippen LogP contribution in [0.1, 0.15) is 28.8 Å². The number of hydrogen-bond acceptors (Lipinski definition) is 3. The highest BCUT2D eigenvalue weighted by molar-refractivity contribution is 7.98. The lowest BCUT2D eigenvalue weighted by atomic mass is 10.1. The molecule has 2 aromatic carbocycles. The standard InChI is InChI=1S/C19H21NO2S/c1-20(14-15-8-10-17(23-2)11-9-15)19(22)13-12-18(21)16-6-4-3-5-7-16/h3-11H,12-14H2,1-2H3. The minimum Gasteiger partial charge on any atom is -0.341 e. The number of nitrogens with zero attached hydrogens (tertiary/aromatic N) is 1. The minimum atomic E-state index is -0.0109. The normalized spacial score (nSPS) is 10.3. The van der Waals surface area contributed by atoms with E-state index in [4.69, 9.17) is 0 Å². The number of Topliss-reactive ketones (excluding diaryl/α,β-unsaturated/α-hetero) is 1. The molecular weight excluding hydrogens is 306 g/mol. The van der Waals surface area contributed by atoms with Gasteiger partial charge in [-0.1, -0.05) is 42.5 Å². The van der Waals surface area contributed by atoms with Crippen LogP contribution in [0, 0.1) is 0 Å². The molecule has 3 nitrogen and oxygen atoms in total. The summed E-state index contributed by atoms with van der Waals surface area (Å²) in [4.78, 5) is 27.1. The minimum absolute atomic E-state index is 0.0108. The third-order valence-electron chi connectivity index (χ3n) is 3.67. The molecule has 4 heteroatoms. The van der Waals surface area contributed by atoms with Crippen molar-refractivity contribution in [3.05, 3.63) is 65.7 Å². The summed E-state index contributed by atoms with van der Waals surface area (Å²) in [6.45, 7) is 0.563. The number of ketones is 1. The van der Waals surface area contributed by atoms with Gasteiger partial charge in [0.25, 0.3) is 0 Å². The van der Waals surface area contributed by atoms with Crippen molar-refractivity contribution in [2.75, 3.05) is 13.3 Å². The molecule has 1 amide bonds. The first kappa shape index (κ1) is 17.3. The Morgan fingerprint density at radius 2 is 1.61 bits per heavy atom. The molecule has 0 aliphatic carbocycles. The maximum atomic E-state index is 12.2. The van der Waals surface area contributed by atoms with E-state index < -0.39 is 0 Å². The summed E-state index contributed by atoms with van der Waals surface area (Å²) in [5.74, 6) is -0.0000947. The molecule has 2 aromatic rings. The van der Waals surface area contributed by atoms with Gasteiger partial charge < -0.3 is 4.90 Å². The summed E-state index contributed by atoms with van der Waals surface area (Å²) in [5.41, 5.74) is 1.75. The van der Waals surface area contributed by atoms with Crippen LogP contribution in [0.5, 0.6) is 0 Å². The topological polar surface area (TPSA) is 37.4 Å². The summed E-state index contributed by atoms with van der Waals surface area (Å²) >= 11 is 1.69. The number of benzene rings is 2. The first-order valence-electron chi connectivity index (χ1n) is 7.55. The van der Waals surface area contributed by atoms with Crippen LogP contribution in [-0.2, 0) is 11.3 Å². The van der Waals surface area contributed by atoms with E-state index in [0.29, 0.717) is 12.1 Å². The van der Waals surface area contributed by atoms with Crippen molar-refractivity contribution in [1.82, 2.24) is 4.90 Å². The first-order chi connectivity index (χ1) is 11.1. The van der Waals surface area contributed by atoms with Crippen LogP contribution in [0.25, 0.3) is 0 Å². The maximum absolute atomic E-state index is 12.2. The molecule has 0 bridgehead atoms. The molecule has 120 valence electrons. The second-order valence-electron chi connectivity index (χ2n) is 5.39. The van der Waals surface area contributed by atoms with Crippen LogP contribution in [-0.4, -0.2) is 29.9 Å². The van der Waals surface area contributed by atoms with Crippen molar-refractivity contribution >= 4 is 23.5 Å². The fraction of sp³-hybridized carbons (Fsp3) is 0.263. The van der Waals surface area contributed by atoms with Crippen molar-refractivity contribution in [2.24, 2.45) is 0 Å². The van der Waals surface area contributed by atoms with Crippen LogP contribution in [0.15, 0.2) is 59.5 Å². The van der Waals surface area contributed by atoms with E-state index in [1.807, 2.05) is 36.6 Å². The summed E-state index contributed by atoms with van der Waals surface area (Å²) in [6, 6.07) is 17.3. The zero-order valence-corrected chi connectivity index (χ0v) is 14.3. The quantitative estimate of drug-likeness (QED) is 0.569. The van der Waals surface area contributed by atoms with E-state index in [-0.39, 0.29) is 24.5 Å². The summed E-state index contributed by atoms with van der Waals surface area (Å²) in [6.07, 6.45) is 2.53. The lowest BCUT2D eigenvalue weighted by Gasteiger charge is -2.17. The molecule has 2 rings (SSSR count). The Kier molecular flexibility index (Phi) is 6.41. The summed E-state index contributed by atoms with van der Waals surface area (Å²) in [5, 5.41) is 0. The third-order valence-corrected chi connectivity index (χ3v) is 4.41. The maximum Gasteiger partial charge on any atom is 0.223 e.